The zero-order chi connectivity index (χ0) is 8.81. The summed E-state index contributed by atoms with van der Waals surface area (Å²) < 4.78 is 5.08. The highest BCUT2D eigenvalue weighted by Crippen LogP contribution is 2.18. The molecule has 0 spiro atoms. The van der Waals surface area contributed by atoms with Crippen LogP contribution in [0.15, 0.2) is 0 Å². The highest BCUT2D eigenvalue weighted by molar-refractivity contribution is 4.73. The van der Waals surface area contributed by atoms with Crippen molar-refractivity contribution in [1.29, 1.82) is 0 Å². The zero-order valence-electron chi connectivity index (χ0n) is 8.09. The van der Waals surface area contributed by atoms with Crippen LogP contribution < -0.4 is 0 Å². The smallest absolute Gasteiger partial charge is 0.0465 e. The minimum atomic E-state index is 0.848. The molecule has 0 aromatic rings. The maximum Gasteiger partial charge on any atom is 0.0465 e. The van der Waals surface area contributed by atoms with Gasteiger partial charge in [0.2, 0.25) is 0 Å². The second-order valence-corrected chi connectivity index (χ2v) is 3.59. The van der Waals surface area contributed by atoms with Crippen molar-refractivity contribution in [3.05, 3.63) is 6.92 Å². The van der Waals surface area contributed by atoms with Crippen LogP contribution in [0.2, 0.25) is 0 Å². The van der Waals surface area contributed by atoms with Gasteiger partial charge in [-0.05, 0) is 45.2 Å². The molecule has 71 valence electrons. The van der Waals surface area contributed by atoms with Gasteiger partial charge in [0.1, 0.15) is 0 Å². The summed E-state index contributed by atoms with van der Waals surface area (Å²) in [7, 11) is 1.78. The lowest BCUT2D eigenvalue weighted by Crippen LogP contribution is -2.35. The molecule has 1 saturated heterocycles. The molecule has 1 fully saturated rings. The van der Waals surface area contributed by atoms with E-state index >= 15 is 0 Å². The summed E-state index contributed by atoms with van der Waals surface area (Å²) in [4.78, 5) is 2.43. The van der Waals surface area contributed by atoms with Gasteiger partial charge < -0.3 is 9.64 Å². The lowest BCUT2D eigenvalue weighted by Gasteiger charge is -2.31. The Labute approximate surface area is 75.9 Å². The van der Waals surface area contributed by atoms with Crippen LogP contribution in [0.1, 0.15) is 19.3 Å². The van der Waals surface area contributed by atoms with Gasteiger partial charge in [-0.15, -0.1) is 0 Å². The molecule has 1 rings (SSSR count). The van der Waals surface area contributed by atoms with Crippen molar-refractivity contribution < 1.29 is 4.74 Å². The van der Waals surface area contributed by atoms with Gasteiger partial charge in [-0.1, -0.05) is 0 Å². The Hall–Kier alpha value is -0.0800. The summed E-state index contributed by atoms with van der Waals surface area (Å²) in [6.07, 6.45) is 3.93. The van der Waals surface area contributed by atoms with E-state index in [-0.39, 0.29) is 0 Å². The Morgan fingerprint density at radius 3 is 3.08 bits per heavy atom. The third-order valence-electron chi connectivity index (χ3n) is 2.65. The van der Waals surface area contributed by atoms with Gasteiger partial charge in [0.15, 0.2) is 0 Å². The van der Waals surface area contributed by atoms with Gasteiger partial charge in [-0.2, -0.15) is 0 Å². The number of methoxy groups -OCH3 is 1. The largest absolute Gasteiger partial charge is 0.385 e. The molecule has 1 aliphatic rings. The quantitative estimate of drug-likeness (QED) is 0.635. The third kappa shape index (κ3) is 3.11. The molecule has 0 amide bonds. The van der Waals surface area contributed by atoms with Gasteiger partial charge in [0, 0.05) is 20.3 Å². The van der Waals surface area contributed by atoms with Crippen molar-refractivity contribution in [2.75, 3.05) is 33.4 Å². The first-order valence-corrected chi connectivity index (χ1v) is 4.87. The van der Waals surface area contributed by atoms with Crippen LogP contribution >= 0.6 is 0 Å². The van der Waals surface area contributed by atoms with Crippen LogP contribution in [0.3, 0.4) is 0 Å². The van der Waals surface area contributed by atoms with E-state index in [1.165, 1.54) is 32.4 Å². The van der Waals surface area contributed by atoms with Crippen LogP contribution in [0.5, 0.6) is 0 Å². The fourth-order valence-electron chi connectivity index (χ4n) is 1.87. The summed E-state index contributed by atoms with van der Waals surface area (Å²) in [5.74, 6) is 0.848. The standard InChI is InChI=1S/C10H20NO/c1-3-11-7-4-5-10(9-11)6-8-12-2/h10H,1,3-9H2,2H3/t10-/m0/s1. The lowest BCUT2D eigenvalue weighted by atomic mass is 9.95. The van der Waals surface area contributed by atoms with Crippen LogP contribution in [0.4, 0.5) is 0 Å². The van der Waals surface area contributed by atoms with Gasteiger partial charge in [-0.25, -0.2) is 0 Å². The first kappa shape index (κ1) is 10.0. The van der Waals surface area contributed by atoms with Crippen molar-refractivity contribution in [3.63, 3.8) is 0 Å². The van der Waals surface area contributed by atoms with Crippen molar-refractivity contribution in [2.45, 2.75) is 19.3 Å². The van der Waals surface area contributed by atoms with E-state index in [1.54, 1.807) is 7.11 Å². The van der Waals surface area contributed by atoms with Gasteiger partial charge in [0.25, 0.3) is 0 Å². The maximum absolute atomic E-state index is 5.08. The predicted molar refractivity (Wildman–Crippen MR) is 51.0 cm³/mol. The highest BCUT2D eigenvalue weighted by atomic mass is 16.5. The number of piperidine rings is 1. The molecule has 2 nitrogen and oxygen atoms in total. The average Bonchev–Trinajstić information content (AvgIpc) is 2.15. The van der Waals surface area contributed by atoms with Crippen LogP contribution in [-0.2, 0) is 4.74 Å². The maximum atomic E-state index is 5.08. The van der Waals surface area contributed by atoms with Crippen LogP contribution in [0, 0.1) is 12.8 Å². The van der Waals surface area contributed by atoms with E-state index in [2.05, 4.69) is 11.8 Å². The van der Waals surface area contributed by atoms with Gasteiger partial charge in [-0.3, -0.25) is 0 Å². The monoisotopic (exact) mass is 170 g/mol. The topological polar surface area (TPSA) is 12.5 Å². The van der Waals surface area contributed by atoms with E-state index in [9.17, 15) is 0 Å². The molecule has 0 N–H and O–H groups in total. The summed E-state index contributed by atoms with van der Waals surface area (Å²) >= 11 is 0. The molecule has 1 aliphatic heterocycles. The van der Waals surface area contributed by atoms with E-state index in [1.807, 2.05) is 0 Å². The first-order chi connectivity index (χ1) is 5.86. The van der Waals surface area contributed by atoms with Gasteiger partial charge in [0.05, 0.1) is 0 Å². The molecule has 2 heteroatoms. The molecule has 1 heterocycles. The molecule has 1 radical (unpaired) electrons. The SMILES string of the molecule is [CH2]CN1CCC[C@@H](CCOC)C1. The summed E-state index contributed by atoms with van der Waals surface area (Å²) in [6, 6.07) is 0. The fourth-order valence-corrected chi connectivity index (χ4v) is 1.87. The van der Waals surface area contributed by atoms with E-state index < -0.39 is 0 Å². The Morgan fingerprint density at radius 2 is 2.42 bits per heavy atom. The van der Waals surface area contributed by atoms with E-state index in [0.29, 0.717) is 0 Å². The molecular formula is C10H20NO. The van der Waals surface area contributed by atoms with Crippen molar-refractivity contribution >= 4 is 0 Å². The normalized spacial score (nSPS) is 26.0. The first-order valence-electron chi connectivity index (χ1n) is 4.87. The van der Waals surface area contributed by atoms with E-state index in [0.717, 1.165) is 19.1 Å². The third-order valence-corrected chi connectivity index (χ3v) is 2.65. The molecule has 1 atom stereocenters. The number of rotatable bonds is 4. The molecule has 0 aromatic heterocycles. The second-order valence-electron chi connectivity index (χ2n) is 3.59. The number of likely N-dealkylation sites (tertiary alicyclic amines) is 1. The van der Waals surface area contributed by atoms with Crippen molar-refractivity contribution in [1.82, 2.24) is 4.90 Å². The molecule has 0 aliphatic carbocycles. The minimum Gasteiger partial charge on any atom is -0.385 e. The second kappa shape index (κ2) is 5.55. The summed E-state index contributed by atoms with van der Waals surface area (Å²) in [5, 5.41) is 0. The average molecular weight is 170 g/mol. The number of nitrogens with zero attached hydrogens (tertiary/aromatic N) is 1. The molecule has 12 heavy (non-hydrogen) atoms. The van der Waals surface area contributed by atoms with Crippen LogP contribution in [0.25, 0.3) is 0 Å². The van der Waals surface area contributed by atoms with Crippen molar-refractivity contribution in [2.24, 2.45) is 5.92 Å². The Kier molecular flexibility index (Phi) is 4.62. The fraction of sp³-hybridized carbons (Fsp3) is 0.900. The minimum absolute atomic E-state index is 0.848. The Bertz CT molecular complexity index is 116. The van der Waals surface area contributed by atoms with Crippen molar-refractivity contribution in [3.8, 4) is 0 Å². The highest BCUT2D eigenvalue weighted by Gasteiger charge is 2.17. The van der Waals surface area contributed by atoms with E-state index in [4.69, 9.17) is 4.74 Å². The molecule has 0 aromatic carbocycles. The Morgan fingerprint density at radius 1 is 1.58 bits per heavy atom. The molecule has 0 bridgehead atoms. The number of ether oxygens (including phenoxy) is 1. The number of hydrogen-bond acceptors (Lipinski definition) is 2. The number of hydrogen-bond donors (Lipinski definition) is 0. The summed E-state index contributed by atoms with van der Waals surface area (Å²) in [5.41, 5.74) is 0. The van der Waals surface area contributed by atoms with Gasteiger partial charge >= 0.3 is 0 Å². The molecule has 0 saturated carbocycles. The molecular weight excluding hydrogens is 150 g/mol. The zero-order valence-corrected chi connectivity index (χ0v) is 8.09. The molecule has 0 unspecified atom stereocenters. The lowest BCUT2D eigenvalue weighted by molar-refractivity contribution is 0.133. The van der Waals surface area contributed by atoms with Crippen LogP contribution in [-0.4, -0.2) is 38.3 Å². The predicted octanol–water partition coefficient (Wildman–Crippen LogP) is 1.57. The summed E-state index contributed by atoms with van der Waals surface area (Å²) in [6.45, 7) is 8.26. The Balaban J connectivity index is 2.16.